The van der Waals surface area contributed by atoms with E-state index < -0.39 is 0 Å². The average Bonchev–Trinajstić information content (AvgIpc) is 2.28. The Kier molecular flexibility index (Phi) is 5.74. The van der Waals surface area contributed by atoms with Crippen LogP contribution in [0.15, 0.2) is 18.2 Å². The van der Waals surface area contributed by atoms with E-state index in [-0.39, 0.29) is 11.9 Å². The van der Waals surface area contributed by atoms with Crippen LogP contribution < -0.4 is 11.3 Å². The fourth-order valence-corrected chi connectivity index (χ4v) is 1.85. The summed E-state index contributed by atoms with van der Waals surface area (Å²) in [5, 5.41) is 0.558. The maximum absolute atomic E-state index is 13.5. The normalized spacial score (nSPS) is 12.8. The summed E-state index contributed by atoms with van der Waals surface area (Å²) >= 11 is 5.83. The predicted octanol–water partition coefficient (Wildman–Crippen LogP) is 3.04. The summed E-state index contributed by atoms with van der Waals surface area (Å²) in [6, 6.07) is 4.71. The van der Waals surface area contributed by atoms with Gasteiger partial charge < -0.3 is 0 Å². The lowest BCUT2D eigenvalue weighted by Crippen LogP contribution is -2.36. The highest BCUT2D eigenvalue weighted by Gasteiger charge is 2.10. The maximum atomic E-state index is 13.5. The smallest absolute Gasteiger partial charge is 0.126 e. The highest BCUT2D eigenvalue weighted by Crippen LogP contribution is 2.17. The fraction of sp³-hybridized carbons (Fsp3) is 0.500. The minimum Gasteiger partial charge on any atom is -0.271 e. The van der Waals surface area contributed by atoms with Crippen LogP contribution in [-0.2, 0) is 6.42 Å². The van der Waals surface area contributed by atoms with Crippen molar-refractivity contribution in [1.29, 1.82) is 0 Å². The molecule has 0 bridgehead atoms. The van der Waals surface area contributed by atoms with Gasteiger partial charge in [0.15, 0.2) is 0 Å². The van der Waals surface area contributed by atoms with Crippen molar-refractivity contribution in [3.63, 3.8) is 0 Å². The molecule has 1 atom stereocenters. The van der Waals surface area contributed by atoms with Crippen molar-refractivity contribution in [3.05, 3.63) is 34.6 Å². The van der Waals surface area contributed by atoms with E-state index in [0.717, 1.165) is 19.3 Å². The van der Waals surface area contributed by atoms with Crippen LogP contribution in [0.25, 0.3) is 0 Å². The Morgan fingerprint density at radius 2 is 2.25 bits per heavy atom. The average molecular weight is 245 g/mol. The number of hydrogen-bond donors (Lipinski definition) is 2. The van der Waals surface area contributed by atoms with Crippen LogP contribution in [0.2, 0.25) is 5.02 Å². The molecule has 1 unspecified atom stereocenters. The molecule has 3 N–H and O–H groups in total. The summed E-state index contributed by atoms with van der Waals surface area (Å²) in [7, 11) is 0. The summed E-state index contributed by atoms with van der Waals surface area (Å²) < 4.78 is 13.5. The molecule has 0 aliphatic carbocycles. The van der Waals surface area contributed by atoms with Crippen molar-refractivity contribution in [2.75, 3.05) is 0 Å². The van der Waals surface area contributed by atoms with Crippen molar-refractivity contribution < 1.29 is 4.39 Å². The first-order chi connectivity index (χ1) is 7.67. The van der Waals surface area contributed by atoms with Crippen molar-refractivity contribution in [1.82, 2.24) is 5.43 Å². The molecule has 0 spiro atoms. The van der Waals surface area contributed by atoms with Crippen molar-refractivity contribution in [3.8, 4) is 0 Å². The molecular formula is C12H18ClFN2. The number of nitrogens with one attached hydrogen (secondary N) is 1. The van der Waals surface area contributed by atoms with Crippen molar-refractivity contribution >= 4 is 11.6 Å². The van der Waals surface area contributed by atoms with E-state index in [9.17, 15) is 4.39 Å². The van der Waals surface area contributed by atoms with Gasteiger partial charge >= 0.3 is 0 Å². The van der Waals surface area contributed by atoms with Gasteiger partial charge in [-0.15, -0.1) is 0 Å². The molecule has 0 aliphatic rings. The van der Waals surface area contributed by atoms with Gasteiger partial charge in [-0.3, -0.25) is 11.3 Å². The molecule has 0 fully saturated rings. The van der Waals surface area contributed by atoms with Crippen LogP contribution in [0.3, 0.4) is 0 Å². The third-order valence-electron chi connectivity index (χ3n) is 2.62. The first-order valence-corrected chi connectivity index (χ1v) is 5.95. The topological polar surface area (TPSA) is 38.0 Å². The third kappa shape index (κ3) is 4.08. The molecule has 1 rings (SSSR count). The lowest BCUT2D eigenvalue weighted by Gasteiger charge is -2.15. The third-order valence-corrected chi connectivity index (χ3v) is 2.85. The summed E-state index contributed by atoms with van der Waals surface area (Å²) in [6.45, 7) is 2.12. The molecule has 16 heavy (non-hydrogen) atoms. The van der Waals surface area contributed by atoms with Crippen LogP contribution in [0.1, 0.15) is 31.7 Å². The van der Waals surface area contributed by atoms with Gasteiger partial charge in [0, 0.05) is 11.1 Å². The van der Waals surface area contributed by atoms with E-state index >= 15 is 0 Å². The van der Waals surface area contributed by atoms with Gasteiger partial charge in [-0.05, 0) is 36.6 Å². The molecule has 0 saturated heterocycles. The molecule has 0 heterocycles. The summed E-state index contributed by atoms with van der Waals surface area (Å²) in [5.41, 5.74) is 3.34. The summed E-state index contributed by atoms with van der Waals surface area (Å²) in [4.78, 5) is 0. The van der Waals surface area contributed by atoms with Crippen molar-refractivity contribution in [2.24, 2.45) is 5.84 Å². The van der Waals surface area contributed by atoms with E-state index in [4.69, 9.17) is 17.4 Å². The molecule has 2 nitrogen and oxygen atoms in total. The molecule has 0 radical (unpaired) electrons. The van der Waals surface area contributed by atoms with Gasteiger partial charge in [-0.1, -0.05) is 31.4 Å². The second-order valence-electron chi connectivity index (χ2n) is 3.95. The Hall–Kier alpha value is -0.640. The number of rotatable bonds is 6. The molecular weight excluding hydrogens is 227 g/mol. The van der Waals surface area contributed by atoms with Crippen LogP contribution in [-0.4, -0.2) is 6.04 Å². The van der Waals surface area contributed by atoms with E-state index in [1.165, 1.54) is 6.07 Å². The molecule has 1 aromatic rings. The maximum Gasteiger partial charge on any atom is 0.126 e. The second kappa shape index (κ2) is 6.84. The number of benzene rings is 1. The number of unbranched alkanes of at least 4 members (excludes halogenated alkanes) is 1. The van der Waals surface area contributed by atoms with E-state index in [0.29, 0.717) is 17.0 Å². The molecule has 0 aromatic heterocycles. The number of hydrogen-bond acceptors (Lipinski definition) is 2. The second-order valence-corrected chi connectivity index (χ2v) is 4.38. The first kappa shape index (κ1) is 13.4. The Morgan fingerprint density at radius 3 is 2.88 bits per heavy atom. The molecule has 0 amide bonds. The Bertz CT molecular complexity index is 331. The number of nitrogens with two attached hydrogens (primary N) is 1. The van der Waals surface area contributed by atoms with Gasteiger partial charge in [-0.2, -0.15) is 0 Å². The van der Waals surface area contributed by atoms with Crippen LogP contribution >= 0.6 is 11.6 Å². The highest BCUT2D eigenvalue weighted by molar-refractivity contribution is 6.30. The van der Waals surface area contributed by atoms with Crippen LogP contribution in [0, 0.1) is 5.82 Å². The summed E-state index contributed by atoms with van der Waals surface area (Å²) in [6.07, 6.45) is 3.70. The molecule has 1 aromatic carbocycles. The Labute approximate surface area is 101 Å². The van der Waals surface area contributed by atoms with Gasteiger partial charge in [0.05, 0.1) is 0 Å². The van der Waals surface area contributed by atoms with Gasteiger partial charge in [0.2, 0.25) is 0 Å². The number of hydrazine groups is 1. The highest BCUT2D eigenvalue weighted by atomic mass is 35.5. The molecule has 0 aliphatic heterocycles. The standard InChI is InChI=1S/C12H18ClFN2/c1-2-3-4-11(16-15)8-9-7-10(13)5-6-12(9)14/h5-7,11,16H,2-4,8,15H2,1H3. The monoisotopic (exact) mass is 244 g/mol. The Balaban J connectivity index is 2.65. The van der Waals surface area contributed by atoms with E-state index in [1.54, 1.807) is 12.1 Å². The largest absolute Gasteiger partial charge is 0.271 e. The lowest BCUT2D eigenvalue weighted by molar-refractivity contribution is 0.464. The minimum absolute atomic E-state index is 0.105. The van der Waals surface area contributed by atoms with Crippen LogP contribution in [0.4, 0.5) is 4.39 Å². The van der Waals surface area contributed by atoms with Gasteiger partial charge in [0.1, 0.15) is 5.82 Å². The zero-order chi connectivity index (χ0) is 12.0. The molecule has 4 heteroatoms. The Morgan fingerprint density at radius 1 is 1.50 bits per heavy atom. The zero-order valence-corrected chi connectivity index (χ0v) is 10.2. The van der Waals surface area contributed by atoms with Gasteiger partial charge in [0.25, 0.3) is 0 Å². The lowest BCUT2D eigenvalue weighted by atomic mass is 10.0. The SMILES string of the molecule is CCCCC(Cc1cc(Cl)ccc1F)NN. The zero-order valence-electron chi connectivity index (χ0n) is 9.47. The minimum atomic E-state index is -0.221. The van der Waals surface area contributed by atoms with E-state index in [1.807, 2.05) is 0 Å². The molecule has 90 valence electrons. The number of halogens is 2. The first-order valence-electron chi connectivity index (χ1n) is 5.57. The fourth-order valence-electron chi connectivity index (χ4n) is 1.66. The predicted molar refractivity (Wildman–Crippen MR) is 65.8 cm³/mol. The summed E-state index contributed by atoms with van der Waals surface area (Å²) in [5.74, 6) is 5.22. The van der Waals surface area contributed by atoms with Crippen molar-refractivity contribution in [2.45, 2.75) is 38.6 Å². The van der Waals surface area contributed by atoms with Crippen LogP contribution in [0.5, 0.6) is 0 Å². The van der Waals surface area contributed by atoms with E-state index in [2.05, 4.69) is 12.3 Å². The quantitative estimate of drug-likeness (QED) is 0.596. The van der Waals surface area contributed by atoms with Gasteiger partial charge in [-0.25, -0.2) is 4.39 Å². The molecule has 0 saturated carbocycles.